The minimum absolute atomic E-state index is 0.159. The number of nitrogens with zero attached hydrogens (tertiary/aromatic N) is 2. The van der Waals surface area contributed by atoms with E-state index < -0.39 is 11.6 Å². The van der Waals surface area contributed by atoms with Crippen LogP contribution in [0.15, 0.2) is 42.6 Å². The predicted octanol–water partition coefficient (Wildman–Crippen LogP) is 4.19. The number of fused-ring (bicyclic) bond motifs is 1. The Morgan fingerprint density at radius 3 is 2.68 bits per heavy atom. The predicted molar refractivity (Wildman–Crippen MR) is 101 cm³/mol. The van der Waals surface area contributed by atoms with E-state index in [1.54, 1.807) is 6.07 Å². The van der Waals surface area contributed by atoms with Crippen molar-refractivity contribution in [2.45, 2.75) is 38.3 Å². The highest BCUT2D eigenvalue weighted by Crippen LogP contribution is 2.34. The first kappa shape index (κ1) is 17.1. The summed E-state index contributed by atoms with van der Waals surface area (Å²) in [6.45, 7) is 0.476. The molecule has 2 heterocycles. The molecule has 1 aromatic heterocycles. The van der Waals surface area contributed by atoms with E-state index in [1.807, 2.05) is 23.0 Å². The summed E-state index contributed by atoms with van der Waals surface area (Å²) < 4.78 is 29.9. The van der Waals surface area contributed by atoms with Crippen molar-refractivity contribution in [3.05, 3.63) is 76.6 Å². The summed E-state index contributed by atoms with van der Waals surface area (Å²) in [6.07, 6.45) is 5.76. The zero-order valence-corrected chi connectivity index (χ0v) is 15.2. The highest BCUT2D eigenvalue weighted by Gasteiger charge is 2.25. The van der Waals surface area contributed by atoms with Gasteiger partial charge in [-0.25, -0.2) is 8.78 Å². The van der Waals surface area contributed by atoms with Gasteiger partial charge in [0.25, 0.3) is 5.91 Å². The van der Waals surface area contributed by atoms with E-state index >= 15 is 0 Å². The summed E-state index contributed by atoms with van der Waals surface area (Å²) in [5.74, 6) is -1.40. The number of hydrogen-bond acceptors (Lipinski definition) is 2. The van der Waals surface area contributed by atoms with E-state index in [4.69, 9.17) is 0 Å². The number of amides is 1. The van der Waals surface area contributed by atoms with E-state index in [0.29, 0.717) is 35.7 Å². The fourth-order valence-electron chi connectivity index (χ4n) is 3.81. The summed E-state index contributed by atoms with van der Waals surface area (Å²) in [6, 6.07) is 9.81. The van der Waals surface area contributed by atoms with Gasteiger partial charge < -0.3 is 5.32 Å². The lowest BCUT2D eigenvalue weighted by atomic mass is 9.91. The van der Waals surface area contributed by atoms with Crippen LogP contribution in [0, 0.1) is 11.6 Å². The molecule has 4 nitrogen and oxygen atoms in total. The monoisotopic (exact) mass is 379 g/mol. The summed E-state index contributed by atoms with van der Waals surface area (Å²) in [5.41, 5.74) is 4.33. The van der Waals surface area contributed by atoms with Gasteiger partial charge in [-0.3, -0.25) is 9.48 Å². The average molecular weight is 379 g/mol. The number of benzene rings is 2. The summed E-state index contributed by atoms with van der Waals surface area (Å²) >= 11 is 0. The Labute approximate surface area is 161 Å². The van der Waals surface area contributed by atoms with Crippen LogP contribution in [0.2, 0.25) is 0 Å². The number of carbonyl (C=O) groups excluding carboxylic acids is 1. The number of halogens is 2. The molecule has 0 unspecified atom stereocenters. The van der Waals surface area contributed by atoms with Gasteiger partial charge in [0.15, 0.2) is 0 Å². The number of nitrogens with one attached hydrogen (secondary N) is 1. The number of hydrogen-bond donors (Lipinski definition) is 1. The van der Waals surface area contributed by atoms with Gasteiger partial charge >= 0.3 is 0 Å². The van der Waals surface area contributed by atoms with E-state index in [2.05, 4.69) is 10.4 Å². The minimum atomic E-state index is -0.627. The van der Waals surface area contributed by atoms with E-state index in [0.717, 1.165) is 29.3 Å². The second-order valence-corrected chi connectivity index (χ2v) is 7.49. The Kier molecular flexibility index (Phi) is 4.00. The lowest BCUT2D eigenvalue weighted by molar-refractivity contribution is 0.0966. The molecule has 0 bridgehead atoms. The molecule has 28 heavy (non-hydrogen) atoms. The van der Waals surface area contributed by atoms with Crippen LogP contribution in [0.5, 0.6) is 0 Å². The maximum Gasteiger partial charge on any atom is 0.251 e. The molecular formula is C22H19F2N3O. The van der Waals surface area contributed by atoms with Crippen molar-refractivity contribution < 1.29 is 13.6 Å². The zero-order valence-electron chi connectivity index (χ0n) is 15.2. The number of rotatable bonds is 5. The smallest absolute Gasteiger partial charge is 0.251 e. The molecule has 1 aliphatic heterocycles. The van der Waals surface area contributed by atoms with Crippen LogP contribution in [0.1, 0.15) is 46.1 Å². The number of aromatic nitrogens is 2. The third-order valence-corrected chi connectivity index (χ3v) is 5.47. The van der Waals surface area contributed by atoms with Crippen LogP contribution < -0.4 is 5.32 Å². The second-order valence-electron chi connectivity index (χ2n) is 7.49. The van der Waals surface area contributed by atoms with Crippen molar-refractivity contribution in [2.24, 2.45) is 0 Å². The molecule has 2 aromatic carbocycles. The Bertz CT molecular complexity index is 1090. The highest BCUT2D eigenvalue weighted by atomic mass is 19.1. The van der Waals surface area contributed by atoms with Gasteiger partial charge in [-0.1, -0.05) is 6.07 Å². The van der Waals surface area contributed by atoms with Crippen LogP contribution in [0.4, 0.5) is 8.78 Å². The second kappa shape index (κ2) is 6.55. The fourth-order valence-corrected chi connectivity index (χ4v) is 3.81. The van der Waals surface area contributed by atoms with Crippen molar-refractivity contribution in [3.63, 3.8) is 0 Å². The first-order valence-electron chi connectivity index (χ1n) is 9.52. The van der Waals surface area contributed by atoms with Gasteiger partial charge in [-0.2, -0.15) is 5.10 Å². The quantitative estimate of drug-likeness (QED) is 0.723. The van der Waals surface area contributed by atoms with Crippen LogP contribution in [0.25, 0.3) is 11.1 Å². The zero-order chi connectivity index (χ0) is 19.3. The number of aryl methyl sites for hydroxylation is 2. The Hall–Kier alpha value is -3.02. The SMILES string of the molecule is O=C1NCc2cc(CCc3ccn(C4CC4)n3)c(-c3ccc(F)cc3F)cc21. The summed E-state index contributed by atoms with van der Waals surface area (Å²) in [4.78, 5) is 12.1. The van der Waals surface area contributed by atoms with Gasteiger partial charge in [-0.15, -0.1) is 0 Å². The fraction of sp³-hybridized carbons (Fsp3) is 0.273. The maximum atomic E-state index is 14.5. The van der Waals surface area contributed by atoms with Gasteiger partial charge in [-0.05, 0) is 66.6 Å². The molecule has 0 spiro atoms. The third-order valence-electron chi connectivity index (χ3n) is 5.47. The lowest BCUT2D eigenvalue weighted by Crippen LogP contribution is -2.12. The average Bonchev–Trinajstić information content (AvgIpc) is 3.32. The van der Waals surface area contributed by atoms with Crippen molar-refractivity contribution in [1.82, 2.24) is 15.1 Å². The molecule has 1 N–H and O–H groups in total. The van der Waals surface area contributed by atoms with Gasteiger partial charge in [0.2, 0.25) is 0 Å². The van der Waals surface area contributed by atoms with E-state index in [1.165, 1.54) is 25.0 Å². The molecule has 2 aliphatic rings. The van der Waals surface area contributed by atoms with E-state index in [9.17, 15) is 13.6 Å². The molecule has 0 radical (unpaired) electrons. The lowest BCUT2D eigenvalue weighted by Gasteiger charge is -2.13. The van der Waals surface area contributed by atoms with Gasteiger partial charge in [0, 0.05) is 29.9 Å². The first-order valence-corrected chi connectivity index (χ1v) is 9.52. The first-order chi connectivity index (χ1) is 13.6. The standard InChI is InChI=1S/C22H19F2N3O/c23-15-2-6-18(21(24)10-15)19-11-20-14(12-25-22(20)28)9-13(19)1-3-16-7-8-27(26-16)17-4-5-17/h2,6-11,17H,1,3-5,12H2,(H,25,28). The third kappa shape index (κ3) is 3.09. The highest BCUT2D eigenvalue weighted by molar-refractivity contribution is 5.99. The van der Waals surface area contributed by atoms with Crippen LogP contribution in [-0.4, -0.2) is 15.7 Å². The molecule has 0 saturated heterocycles. The molecular weight excluding hydrogens is 360 g/mol. The Morgan fingerprint density at radius 2 is 1.89 bits per heavy atom. The van der Waals surface area contributed by atoms with Crippen molar-refractivity contribution in [1.29, 1.82) is 0 Å². The Balaban J connectivity index is 1.50. The molecule has 1 amide bonds. The topological polar surface area (TPSA) is 46.9 Å². The molecule has 5 rings (SSSR count). The van der Waals surface area contributed by atoms with Crippen LogP contribution in [0.3, 0.4) is 0 Å². The van der Waals surface area contributed by atoms with Gasteiger partial charge in [0.1, 0.15) is 11.6 Å². The maximum absolute atomic E-state index is 14.5. The summed E-state index contributed by atoms with van der Waals surface area (Å²) in [7, 11) is 0. The molecule has 3 aromatic rings. The largest absolute Gasteiger partial charge is 0.348 e. The molecule has 142 valence electrons. The van der Waals surface area contributed by atoms with Crippen molar-refractivity contribution in [2.75, 3.05) is 0 Å². The normalized spacial score (nSPS) is 15.6. The van der Waals surface area contributed by atoms with Crippen molar-refractivity contribution in [3.8, 4) is 11.1 Å². The van der Waals surface area contributed by atoms with Crippen LogP contribution in [-0.2, 0) is 19.4 Å². The molecule has 6 heteroatoms. The summed E-state index contributed by atoms with van der Waals surface area (Å²) in [5, 5.41) is 7.43. The Morgan fingerprint density at radius 1 is 1.04 bits per heavy atom. The van der Waals surface area contributed by atoms with Crippen molar-refractivity contribution >= 4 is 5.91 Å². The minimum Gasteiger partial charge on any atom is -0.348 e. The van der Waals surface area contributed by atoms with Gasteiger partial charge in [0.05, 0.1) is 11.7 Å². The molecule has 1 saturated carbocycles. The number of carbonyl (C=O) groups is 1. The molecule has 0 atom stereocenters. The molecule has 1 aliphatic carbocycles. The van der Waals surface area contributed by atoms with E-state index in [-0.39, 0.29) is 5.91 Å². The van der Waals surface area contributed by atoms with Crippen LogP contribution >= 0.6 is 0 Å². The molecule has 1 fully saturated rings.